The van der Waals surface area contributed by atoms with E-state index in [2.05, 4.69) is 9.88 Å². The summed E-state index contributed by atoms with van der Waals surface area (Å²) < 4.78 is 0. The van der Waals surface area contributed by atoms with Gasteiger partial charge in [-0.2, -0.15) is 0 Å². The molecule has 1 aliphatic heterocycles. The monoisotopic (exact) mass is 305 g/mol. The van der Waals surface area contributed by atoms with Crippen molar-refractivity contribution in [1.29, 1.82) is 0 Å². The molecule has 6 nitrogen and oxygen atoms in total. The molecule has 1 unspecified atom stereocenters. The third kappa shape index (κ3) is 4.53. The van der Waals surface area contributed by atoms with Gasteiger partial charge in [-0.15, -0.1) is 0 Å². The van der Waals surface area contributed by atoms with Crippen LogP contribution in [0, 0.1) is 0 Å². The van der Waals surface area contributed by atoms with Crippen LogP contribution in [-0.2, 0) is 16.0 Å². The van der Waals surface area contributed by atoms with Crippen molar-refractivity contribution < 1.29 is 14.7 Å². The van der Waals surface area contributed by atoms with E-state index in [1.807, 2.05) is 19.2 Å². The highest BCUT2D eigenvalue weighted by Crippen LogP contribution is 2.18. The van der Waals surface area contributed by atoms with Gasteiger partial charge in [0.05, 0.1) is 0 Å². The molecule has 2 heterocycles. The first-order valence-corrected chi connectivity index (χ1v) is 7.67. The fraction of sp³-hybridized carbons (Fsp3) is 0.562. The quantitative estimate of drug-likeness (QED) is 0.814. The summed E-state index contributed by atoms with van der Waals surface area (Å²) in [4.78, 5) is 30.9. The maximum atomic E-state index is 12.2. The lowest BCUT2D eigenvalue weighted by Crippen LogP contribution is -2.41. The molecule has 0 radical (unpaired) electrons. The molecule has 6 heteroatoms. The number of aromatic nitrogens is 1. The summed E-state index contributed by atoms with van der Waals surface area (Å²) in [6, 6.07) is 3.34. The first-order valence-electron chi connectivity index (χ1n) is 7.67. The number of carboxylic acids is 1. The number of rotatable bonds is 7. The van der Waals surface area contributed by atoms with Crippen molar-refractivity contribution in [2.24, 2.45) is 0 Å². The lowest BCUT2D eigenvalue weighted by Gasteiger charge is -2.23. The van der Waals surface area contributed by atoms with Crippen molar-refractivity contribution in [3.05, 3.63) is 30.1 Å². The smallest absolute Gasteiger partial charge is 0.326 e. The van der Waals surface area contributed by atoms with Crippen molar-refractivity contribution in [3.8, 4) is 0 Å². The highest BCUT2D eigenvalue weighted by Gasteiger charge is 2.33. The molecule has 120 valence electrons. The van der Waals surface area contributed by atoms with Crippen LogP contribution in [0.25, 0.3) is 0 Å². The van der Waals surface area contributed by atoms with Crippen LogP contribution in [-0.4, -0.2) is 64.5 Å². The van der Waals surface area contributed by atoms with E-state index in [0.717, 1.165) is 19.4 Å². The van der Waals surface area contributed by atoms with Gasteiger partial charge >= 0.3 is 5.97 Å². The summed E-state index contributed by atoms with van der Waals surface area (Å²) in [5.74, 6) is -0.947. The van der Waals surface area contributed by atoms with Crippen LogP contribution >= 0.6 is 0 Å². The number of carbonyl (C=O) groups is 2. The van der Waals surface area contributed by atoms with Crippen molar-refractivity contribution in [2.75, 3.05) is 26.7 Å². The van der Waals surface area contributed by atoms with Gasteiger partial charge in [0.2, 0.25) is 5.91 Å². The van der Waals surface area contributed by atoms with Gasteiger partial charge in [-0.3, -0.25) is 9.78 Å². The van der Waals surface area contributed by atoms with Crippen molar-refractivity contribution in [2.45, 2.75) is 31.7 Å². The number of likely N-dealkylation sites (N-methyl/N-ethyl adjacent to an activating group) is 1. The molecule has 0 aliphatic carbocycles. The van der Waals surface area contributed by atoms with E-state index in [1.54, 1.807) is 12.4 Å². The van der Waals surface area contributed by atoms with E-state index in [9.17, 15) is 9.59 Å². The average Bonchev–Trinajstić information content (AvgIpc) is 3.01. The van der Waals surface area contributed by atoms with E-state index in [1.165, 1.54) is 10.5 Å². The molecule has 1 amide bonds. The summed E-state index contributed by atoms with van der Waals surface area (Å²) in [5.41, 5.74) is 1.22. The lowest BCUT2D eigenvalue weighted by molar-refractivity contribution is -0.148. The van der Waals surface area contributed by atoms with Gasteiger partial charge in [0.25, 0.3) is 0 Å². The Labute approximate surface area is 130 Å². The molecule has 0 aromatic carbocycles. The zero-order valence-electron chi connectivity index (χ0n) is 12.9. The van der Waals surface area contributed by atoms with Crippen molar-refractivity contribution in [3.63, 3.8) is 0 Å². The minimum atomic E-state index is -0.892. The Morgan fingerprint density at radius 3 is 2.77 bits per heavy atom. The molecule has 1 aliphatic rings. The van der Waals surface area contributed by atoms with E-state index in [4.69, 9.17) is 5.11 Å². The maximum Gasteiger partial charge on any atom is 0.326 e. The van der Waals surface area contributed by atoms with Gasteiger partial charge in [-0.25, -0.2) is 4.79 Å². The molecule has 2 rings (SSSR count). The number of nitrogens with zero attached hydrogens (tertiary/aromatic N) is 3. The Bertz CT molecular complexity index is 507. The molecular formula is C16H23N3O3. The summed E-state index contributed by atoms with van der Waals surface area (Å²) in [7, 11) is 1.98. The van der Waals surface area contributed by atoms with Gasteiger partial charge in [-0.1, -0.05) is 0 Å². The second kappa shape index (κ2) is 7.89. The molecule has 1 aromatic heterocycles. The topological polar surface area (TPSA) is 73.7 Å². The first kappa shape index (κ1) is 16.4. The second-order valence-electron chi connectivity index (χ2n) is 5.74. The molecule has 1 saturated heterocycles. The fourth-order valence-corrected chi connectivity index (χ4v) is 2.73. The largest absolute Gasteiger partial charge is 0.480 e. The van der Waals surface area contributed by atoms with Crippen LogP contribution in [0.3, 0.4) is 0 Å². The van der Waals surface area contributed by atoms with Gasteiger partial charge in [-0.05, 0) is 44.0 Å². The summed E-state index contributed by atoms with van der Waals surface area (Å²) in [6.45, 7) is 2.07. The number of amides is 1. The molecule has 0 saturated carbocycles. The van der Waals surface area contributed by atoms with Gasteiger partial charge < -0.3 is 14.9 Å². The minimum Gasteiger partial charge on any atom is -0.480 e. The molecule has 0 bridgehead atoms. The third-order valence-electron chi connectivity index (χ3n) is 4.10. The summed E-state index contributed by atoms with van der Waals surface area (Å²) >= 11 is 0. The van der Waals surface area contributed by atoms with Crippen LogP contribution in [0.2, 0.25) is 0 Å². The minimum absolute atomic E-state index is 0.0549. The maximum absolute atomic E-state index is 12.2. The summed E-state index contributed by atoms with van der Waals surface area (Å²) in [6.07, 6.45) is 6.18. The molecular weight excluding hydrogens is 282 g/mol. The lowest BCUT2D eigenvalue weighted by atomic mass is 10.2. The van der Waals surface area contributed by atoms with Crippen LogP contribution in [0.1, 0.15) is 24.8 Å². The number of carboxylic acid groups (broad SMARTS) is 1. The normalized spacial score (nSPS) is 17.9. The van der Waals surface area contributed by atoms with E-state index < -0.39 is 12.0 Å². The predicted molar refractivity (Wildman–Crippen MR) is 82.4 cm³/mol. The van der Waals surface area contributed by atoms with Crippen LogP contribution in [0.4, 0.5) is 0 Å². The number of hydrogen-bond acceptors (Lipinski definition) is 4. The van der Waals surface area contributed by atoms with Gasteiger partial charge in [0, 0.05) is 38.4 Å². The fourth-order valence-electron chi connectivity index (χ4n) is 2.73. The average molecular weight is 305 g/mol. The SMILES string of the molecule is CN(CCC(=O)N1CCCC1C(=O)O)CCc1ccncc1. The standard InChI is InChI=1S/C16H23N3O3/c1-18(11-6-13-4-8-17-9-5-13)12-7-15(20)19-10-2-3-14(19)16(21)22/h4-5,8-9,14H,2-3,6-7,10-12H2,1H3,(H,21,22). The Balaban J connectivity index is 1.72. The molecule has 22 heavy (non-hydrogen) atoms. The highest BCUT2D eigenvalue weighted by molar-refractivity contribution is 5.84. The van der Waals surface area contributed by atoms with Crippen LogP contribution in [0.15, 0.2) is 24.5 Å². The number of hydrogen-bond donors (Lipinski definition) is 1. The number of aliphatic carboxylic acids is 1. The van der Waals surface area contributed by atoms with Gasteiger partial charge in [0.15, 0.2) is 0 Å². The zero-order valence-corrected chi connectivity index (χ0v) is 12.9. The first-order chi connectivity index (χ1) is 10.6. The van der Waals surface area contributed by atoms with Crippen LogP contribution < -0.4 is 0 Å². The molecule has 1 N–H and O–H groups in total. The van der Waals surface area contributed by atoms with Crippen molar-refractivity contribution in [1.82, 2.24) is 14.8 Å². The second-order valence-corrected chi connectivity index (χ2v) is 5.74. The summed E-state index contributed by atoms with van der Waals surface area (Å²) in [5, 5.41) is 9.11. The van der Waals surface area contributed by atoms with E-state index in [0.29, 0.717) is 25.9 Å². The Kier molecular flexibility index (Phi) is 5.89. The highest BCUT2D eigenvalue weighted by atomic mass is 16.4. The van der Waals surface area contributed by atoms with E-state index >= 15 is 0 Å². The Hall–Kier alpha value is -1.95. The third-order valence-corrected chi connectivity index (χ3v) is 4.10. The Morgan fingerprint density at radius 1 is 1.36 bits per heavy atom. The predicted octanol–water partition coefficient (Wildman–Crippen LogP) is 1.02. The molecule has 1 fully saturated rings. The molecule has 1 aromatic rings. The van der Waals surface area contributed by atoms with Crippen LogP contribution in [0.5, 0.6) is 0 Å². The molecule has 1 atom stereocenters. The zero-order chi connectivity index (χ0) is 15.9. The number of pyridine rings is 1. The molecule has 0 spiro atoms. The van der Waals surface area contributed by atoms with Crippen molar-refractivity contribution >= 4 is 11.9 Å². The van der Waals surface area contributed by atoms with Gasteiger partial charge in [0.1, 0.15) is 6.04 Å². The number of carbonyl (C=O) groups excluding carboxylic acids is 1. The van der Waals surface area contributed by atoms with E-state index in [-0.39, 0.29) is 5.91 Å². The number of likely N-dealkylation sites (tertiary alicyclic amines) is 1. The Morgan fingerprint density at radius 2 is 2.09 bits per heavy atom.